The average molecular weight is 300 g/mol. The molecule has 2 N–H and O–H groups in total. The summed E-state index contributed by atoms with van der Waals surface area (Å²) in [5, 5.41) is 0. The van der Waals surface area contributed by atoms with Gasteiger partial charge in [0.25, 0.3) is 10.0 Å². The third kappa shape index (κ3) is 2.97. The molecule has 6 heteroatoms. The van der Waals surface area contributed by atoms with E-state index in [1.165, 1.54) is 10.7 Å². The maximum Gasteiger partial charge on any atom is 0.253 e. The van der Waals surface area contributed by atoms with Gasteiger partial charge in [0.2, 0.25) is 0 Å². The second-order valence-corrected chi connectivity index (χ2v) is 6.88. The predicted molar refractivity (Wildman–Crippen MR) is 85.7 cm³/mol. The summed E-state index contributed by atoms with van der Waals surface area (Å²) in [7, 11) is -3.29. The first-order valence-electron chi connectivity index (χ1n) is 6.94. The number of nitrogens with two attached hydrogens (primary N) is 1. The van der Waals surface area contributed by atoms with Crippen LogP contribution < -0.4 is 10.3 Å². The van der Waals surface area contributed by atoms with Crippen LogP contribution in [0.3, 0.4) is 0 Å². The molecule has 0 heterocycles. The normalized spacial score (nSPS) is 12.9. The highest BCUT2D eigenvalue weighted by Crippen LogP contribution is 2.30. The molecule has 1 aromatic carbocycles. The Morgan fingerprint density at radius 2 is 1.75 bits per heavy atom. The average Bonchev–Trinajstić information content (AvgIpc) is 2.38. The number of benzene rings is 1. The first-order chi connectivity index (χ1) is 9.22. The van der Waals surface area contributed by atoms with E-state index in [0.29, 0.717) is 19.6 Å². The lowest BCUT2D eigenvalue weighted by molar-refractivity contribution is 0.0834. The van der Waals surface area contributed by atoms with Crippen molar-refractivity contribution in [1.82, 2.24) is 9.01 Å². The maximum absolute atomic E-state index is 12.1. The van der Waals surface area contributed by atoms with Crippen LogP contribution in [0.5, 0.6) is 0 Å². The van der Waals surface area contributed by atoms with Crippen LogP contribution in [0.25, 0.3) is 0 Å². The number of aryl methyl sites for hydroxylation is 1. The van der Waals surface area contributed by atoms with Crippen molar-refractivity contribution >= 4 is 21.4 Å². The van der Waals surface area contributed by atoms with E-state index < -0.39 is 10.0 Å². The minimum Gasteiger partial charge on any atom is -0.399 e. The topological polar surface area (TPSA) is 63.4 Å². The van der Waals surface area contributed by atoms with Crippen molar-refractivity contribution in [3.05, 3.63) is 23.8 Å². The Balaban J connectivity index is 3.51. The number of hydrogen-bond donors (Lipinski definition) is 1. The van der Waals surface area contributed by atoms with Crippen molar-refractivity contribution in [1.29, 1.82) is 0 Å². The number of nitrogens with zero attached hydrogens (tertiary/aromatic N) is 2. The Morgan fingerprint density at radius 1 is 1.20 bits per heavy atom. The molecule has 1 aromatic rings. The fourth-order valence-corrected chi connectivity index (χ4v) is 4.10. The van der Waals surface area contributed by atoms with E-state index in [1.807, 2.05) is 45.9 Å². The van der Waals surface area contributed by atoms with Gasteiger partial charge in [0.15, 0.2) is 5.69 Å². The van der Waals surface area contributed by atoms with Crippen molar-refractivity contribution in [2.45, 2.75) is 27.7 Å². The van der Waals surface area contributed by atoms with Crippen LogP contribution in [-0.4, -0.2) is 38.7 Å². The van der Waals surface area contributed by atoms with Crippen LogP contribution in [0.4, 0.5) is 11.4 Å². The van der Waals surface area contributed by atoms with Gasteiger partial charge in [0, 0.05) is 17.8 Å². The van der Waals surface area contributed by atoms with Crippen molar-refractivity contribution in [2.75, 3.05) is 31.6 Å². The number of anilines is 1. The van der Waals surface area contributed by atoms with Gasteiger partial charge in [-0.15, -0.1) is 0 Å². The van der Waals surface area contributed by atoms with Crippen LogP contribution in [-0.2, 0) is 10.0 Å². The van der Waals surface area contributed by atoms with Gasteiger partial charge < -0.3 is 5.73 Å². The zero-order valence-corrected chi connectivity index (χ0v) is 13.9. The minimum atomic E-state index is -3.29. The Morgan fingerprint density at radius 3 is 2.10 bits per heavy atom. The second kappa shape index (κ2) is 6.11. The highest BCUT2D eigenvalue weighted by Gasteiger charge is 2.40. The quantitative estimate of drug-likeness (QED) is 0.497. The summed E-state index contributed by atoms with van der Waals surface area (Å²) in [6.07, 6.45) is 1.26. The molecule has 114 valence electrons. The molecule has 0 unspecified atom stereocenters. The Kier molecular flexibility index (Phi) is 5.18. The third-order valence-electron chi connectivity index (χ3n) is 3.86. The summed E-state index contributed by atoms with van der Waals surface area (Å²) in [6, 6.07) is 5.75. The molecule has 0 aliphatic heterocycles. The predicted octanol–water partition coefficient (Wildman–Crippen LogP) is 2.12. The van der Waals surface area contributed by atoms with E-state index in [-0.39, 0.29) is 4.59 Å². The molecule has 0 aliphatic rings. The van der Waals surface area contributed by atoms with Gasteiger partial charge in [-0.05, 0) is 43.7 Å². The van der Waals surface area contributed by atoms with E-state index in [1.54, 1.807) is 0 Å². The highest BCUT2D eigenvalue weighted by atomic mass is 32.2. The summed E-state index contributed by atoms with van der Waals surface area (Å²) in [5.41, 5.74) is 8.52. The summed E-state index contributed by atoms with van der Waals surface area (Å²) >= 11 is 0. The molecular weight excluding hydrogens is 274 g/mol. The fraction of sp³-hybridized carbons (Fsp3) is 0.571. The maximum atomic E-state index is 12.1. The van der Waals surface area contributed by atoms with E-state index in [0.717, 1.165) is 16.9 Å². The summed E-state index contributed by atoms with van der Waals surface area (Å²) in [6.45, 7) is 9.58. The first kappa shape index (κ1) is 16.9. The molecule has 20 heavy (non-hydrogen) atoms. The molecule has 0 amide bonds. The zero-order chi connectivity index (χ0) is 15.6. The molecular formula is C14H26N3O2S+. The van der Waals surface area contributed by atoms with Crippen LogP contribution in [0.15, 0.2) is 18.2 Å². The number of quaternary nitrogens is 1. The van der Waals surface area contributed by atoms with E-state index >= 15 is 0 Å². The molecule has 0 saturated carbocycles. The Labute approximate surface area is 122 Å². The smallest absolute Gasteiger partial charge is 0.253 e. The number of hydrogen-bond acceptors (Lipinski definition) is 3. The number of rotatable bonds is 6. The molecule has 0 radical (unpaired) electrons. The summed E-state index contributed by atoms with van der Waals surface area (Å²) in [4.78, 5) is 0. The monoisotopic (exact) mass is 300 g/mol. The molecule has 0 aromatic heterocycles. The Bertz CT molecular complexity index is 566. The lowest BCUT2D eigenvalue weighted by atomic mass is 10.1. The lowest BCUT2D eigenvalue weighted by Crippen LogP contribution is -2.63. The number of sulfonamides is 1. The molecule has 0 spiro atoms. The van der Waals surface area contributed by atoms with Gasteiger partial charge >= 0.3 is 0 Å². The Hall–Kier alpha value is -1.11. The fourth-order valence-electron chi connectivity index (χ4n) is 2.74. The molecule has 0 atom stereocenters. The molecule has 5 nitrogen and oxygen atoms in total. The van der Waals surface area contributed by atoms with E-state index in [4.69, 9.17) is 5.73 Å². The SMILES string of the molecule is CCN([N+](CC)(CC)c1ccc(N)c(C)c1)S(C)(=O)=O. The van der Waals surface area contributed by atoms with E-state index in [2.05, 4.69) is 0 Å². The van der Waals surface area contributed by atoms with Crippen molar-refractivity contribution in [3.63, 3.8) is 0 Å². The second-order valence-electron chi connectivity index (χ2n) is 5.00. The van der Waals surface area contributed by atoms with Crippen LogP contribution in [0.1, 0.15) is 26.3 Å². The first-order valence-corrected chi connectivity index (χ1v) is 8.79. The van der Waals surface area contributed by atoms with Gasteiger partial charge in [-0.3, -0.25) is 0 Å². The van der Waals surface area contributed by atoms with Crippen LogP contribution in [0, 0.1) is 6.92 Å². The summed E-state index contributed by atoms with van der Waals surface area (Å²) < 4.78 is 26.1. The van der Waals surface area contributed by atoms with Gasteiger partial charge in [0.1, 0.15) is 0 Å². The third-order valence-corrected chi connectivity index (χ3v) is 5.20. The summed E-state index contributed by atoms with van der Waals surface area (Å²) in [5.74, 6) is 0. The van der Waals surface area contributed by atoms with Gasteiger partial charge in [0.05, 0.1) is 25.9 Å². The van der Waals surface area contributed by atoms with Crippen LogP contribution >= 0.6 is 0 Å². The molecule has 0 bridgehead atoms. The lowest BCUT2D eigenvalue weighted by Gasteiger charge is -2.42. The largest absolute Gasteiger partial charge is 0.399 e. The minimum absolute atomic E-state index is 0.288. The van der Waals surface area contributed by atoms with Crippen molar-refractivity contribution in [2.24, 2.45) is 0 Å². The molecule has 0 aliphatic carbocycles. The molecule has 0 fully saturated rings. The molecule has 1 rings (SSSR count). The van der Waals surface area contributed by atoms with Gasteiger partial charge in [-0.2, -0.15) is 4.59 Å². The van der Waals surface area contributed by atoms with Gasteiger partial charge in [-0.25, -0.2) is 8.42 Å². The highest BCUT2D eigenvalue weighted by molar-refractivity contribution is 7.88. The van der Waals surface area contributed by atoms with Crippen LogP contribution in [0.2, 0.25) is 0 Å². The van der Waals surface area contributed by atoms with Crippen molar-refractivity contribution < 1.29 is 8.42 Å². The standard InChI is InChI=1S/C14H26N3O2S/c1-6-16(20(5,18)19)17(7-2,8-3)13-9-10-14(15)12(4)11-13/h9-11H,6-8,15H2,1-5H3/q+1. The molecule has 0 saturated heterocycles. The van der Waals surface area contributed by atoms with E-state index in [9.17, 15) is 8.42 Å². The van der Waals surface area contributed by atoms with Crippen molar-refractivity contribution in [3.8, 4) is 0 Å². The number of nitrogen functional groups attached to an aromatic ring is 1. The zero-order valence-electron chi connectivity index (χ0n) is 13.0. The van der Waals surface area contributed by atoms with Gasteiger partial charge in [-0.1, -0.05) is 0 Å².